The van der Waals surface area contributed by atoms with Crippen molar-refractivity contribution in [2.75, 3.05) is 13.7 Å². The largest absolute Gasteiger partial charge is 0.497 e. The number of halogens is 1. The van der Waals surface area contributed by atoms with Gasteiger partial charge in [-0.3, -0.25) is 4.79 Å². The van der Waals surface area contributed by atoms with Crippen molar-refractivity contribution in [2.45, 2.75) is 19.4 Å². The Bertz CT molecular complexity index is 392. The van der Waals surface area contributed by atoms with Gasteiger partial charge >= 0.3 is 5.97 Å². The molecule has 1 atom stereocenters. The van der Waals surface area contributed by atoms with Crippen LogP contribution in [-0.2, 0) is 9.53 Å². The van der Waals surface area contributed by atoms with Crippen LogP contribution in [0.2, 0.25) is 0 Å². The van der Waals surface area contributed by atoms with Crippen LogP contribution in [-0.4, -0.2) is 24.8 Å². The summed E-state index contributed by atoms with van der Waals surface area (Å²) in [7, 11) is 1.40. The summed E-state index contributed by atoms with van der Waals surface area (Å²) >= 11 is 0. The van der Waals surface area contributed by atoms with Gasteiger partial charge in [-0.1, -0.05) is 0 Å². The fourth-order valence-electron chi connectivity index (χ4n) is 1.39. The first kappa shape index (κ1) is 13.4. The van der Waals surface area contributed by atoms with Crippen LogP contribution in [0.15, 0.2) is 18.2 Å². The third-order valence-electron chi connectivity index (χ3n) is 2.18. The summed E-state index contributed by atoms with van der Waals surface area (Å²) in [5.41, 5.74) is 0.287. The Morgan fingerprint density at radius 2 is 2.18 bits per heavy atom. The van der Waals surface area contributed by atoms with Crippen molar-refractivity contribution < 1.29 is 23.8 Å². The summed E-state index contributed by atoms with van der Waals surface area (Å²) in [6.45, 7) is 1.92. The van der Waals surface area contributed by atoms with Crippen LogP contribution in [0.4, 0.5) is 4.39 Å². The minimum absolute atomic E-state index is 0.208. The predicted octanol–water partition coefficient (Wildman–Crippen LogP) is 1.82. The lowest BCUT2D eigenvalue weighted by molar-refractivity contribution is -0.145. The summed E-state index contributed by atoms with van der Waals surface area (Å²) in [5.74, 6) is -0.756. The molecule has 4 nitrogen and oxygen atoms in total. The maximum Gasteiger partial charge on any atom is 0.308 e. The lowest BCUT2D eigenvalue weighted by Crippen LogP contribution is -2.10. The maximum atomic E-state index is 13.2. The molecule has 1 aromatic rings. The van der Waals surface area contributed by atoms with E-state index in [0.29, 0.717) is 5.75 Å². The van der Waals surface area contributed by atoms with Crippen molar-refractivity contribution in [3.63, 3.8) is 0 Å². The normalized spacial score (nSPS) is 12.0. The van der Waals surface area contributed by atoms with E-state index in [0.717, 1.165) is 6.07 Å². The standard InChI is InChI=1S/C12H15FO4/c1-3-17-12(15)7-11(14)8-4-9(13)6-10(5-8)16-2/h4-6,11,14H,3,7H2,1-2H3. The Hall–Kier alpha value is -1.62. The van der Waals surface area contributed by atoms with Gasteiger partial charge in [-0.25, -0.2) is 4.39 Å². The average Bonchev–Trinajstić information content (AvgIpc) is 2.28. The Balaban J connectivity index is 2.77. The van der Waals surface area contributed by atoms with Gasteiger partial charge in [-0.05, 0) is 24.6 Å². The summed E-state index contributed by atoms with van der Waals surface area (Å²) in [6.07, 6.45) is -1.31. The zero-order valence-electron chi connectivity index (χ0n) is 9.77. The Morgan fingerprint density at radius 1 is 1.47 bits per heavy atom. The van der Waals surface area contributed by atoms with Crippen molar-refractivity contribution >= 4 is 5.97 Å². The average molecular weight is 242 g/mol. The highest BCUT2D eigenvalue weighted by Crippen LogP contribution is 2.23. The molecule has 0 fully saturated rings. The number of hydrogen-bond donors (Lipinski definition) is 1. The van der Waals surface area contributed by atoms with Crippen molar-refractivity contribution in [1.82, 2.24) is 0 Å². The summed E-state index contributed by atoms with van der Waals surface area (Å²) in [4.78, 5) is 11.2. The summed E-state index contributed by atoms with van der Waals surface area (Å²) < 4.78 is 22.7. The molecule has 0 aliphatic heterocycles. The number of carbonyl (C=O) groups excluding carboxylic acids is 1. The van der Waals surface area contributed by atoms with Crippen LogP contribution in [0.5, 0.6) is 5.75 Å². The molecule has 5 heteroatoms. The molecule has 0 spiro atoms. The van der Waals surface area contributed by atoms with E-state index in [2.05, 4.69) is 0 Å². The van der Waals surface area contributed by atoms with Crippen molar-refractivity contribution in [3.05, 3.63) is 29.6 Å². The fourth-order valence-corrected chi connectivity index (χ4v) is 1.39. The van der Waals surface area contributed by atoms with Crippen molar-refractivity contribution in [1.29, 1.82) is 0 Å². The fraction of sp³-hybridized carbons (Fsp3) is 0.417. The highest BCUT2D eigenvalue weighted by Gasteiger charge is 2.15. The molecule has 0 amide bonds. The molecule has 1 N–H and O–H groups in total. The molecule has 0 aromatic heterocycles. The first-order valence-electron chi connectivity index (χ1n) is 5.25. The number of aliphatic hydroxyl groups excluding tert-OH is 1. The van der Waals surface area contributed by atoms with Gasteiger partial charge in [0.05, 0.1) is 26.2 Å². The van der Waals surface area contributed by atoms with Crippen molar-refractivity contribution in [2.24, 2.45) is 0 Å². The van der Waals surface area contributed by atoms with Gasteiger partial charge in [-0.2, -0.15) is 0 Å². The van der Waals surface area contributed by atoms with Gasteiger partial charge in [0.1, 0.15) is 11.6 Å². The number of rotatable bonds is 5. The van der Waals surface area contributed by atoms with E-state index in [9.17, 15) is 14.3 Å². The summed E-state index contributed by atoms with van der Waals surface area (Å²) in [6, 6.07) is 3.83. The monoisotopic (exact) mass is 242 g/mol. The molecular formula is C12H15FO4. The predicted molar refractivity (Wildman–Crippen MR) is 59.2 cm³/mol. The number of aliphatic hydroxyl groups is 1. The van der Waals surface area contributed by atoms with Crippen LogP contribution < -0.4 is 4.74 Å². The molecule has 94 valence electrons. The van der Waals surface area contributed by atoms with Crippen LogP contribution in [0.1, 0.15) is 25.0 Å². The molecule has 0 saturated heterocycles. The van der Waals surface area contributed by atoms with Gasteiger partial charge < -0.3 is 14.6 Å². The Labute approximate surface area is 99.0 Å². The minimum atomic E-state index is -1.10. The van der Waals surface area contributed by atoms with Crippen LogP contribution in [0, 0.1) is 5.82 Å². The summed E-state index contributed by atoms with van der Waals surface area (Å²) in [5, 5.41) is 9.74. The lowest BCUT2D eigenvalue weighted by atomic mass is 10.1. The lowest BCUT2D eigenvalue weighted by Gasteiger charge is -2.11. The topological polar surface area (TPSA) is 55.8 Å². The number of carbonyl (C=O) groups is 1. The van der Waals surface area contributed by atoms with E-state index in [-0.39, 0.29) is 18.6 Å². The minimum Gasteiger partial charge on any atom is -0.497 e. The smallest absolute Gasteiger partial charge is 0.308 e. The van der Waals surface area contributed by atoms with Gasteiger partial charge in [0.15, 0.2) is 0 Å². The molecule has 0 bridgehead atoms. The zero-order chi connectivity index (χ0) is 12.8. The van der Waals surface area contributed by atoms with E-state index in [4.69, 9.17) is 9.47 Å². The SMILES string of the molecule is CCOC(=O)CC(O)c1cc(F)cc(OC)c1. The molecule has 1 unspecified atom stereocenters. The van der Waals surface area contributed by atoms with E-state index in [1.54, 1.807) is 6.92 Å². The number of benzene rings is 1. The second-order valence-electron chi connectivity index (χ2n) is 3.45. The van der Waals surface area contributed by atoms with Crippen LogP contribution in [0.3, 0.4) is 0 Å². The maximum absolute atomic E-state index is 13.2. The van der Waals surface area contributed by atoms with Crippen molar-refractivity contribution in [3.8, 4) is 5.75 Å². The van der Waals surface area contributed by atoms with E-state index in [1.165, 1.54) is 19.2 Å². The first-order valence-corrected chi connectivity index (χ1v) is 5.25. The van der Waals surface area contributed by atoms with Crippen LogP contribution in [0.25, 0.3) is 0 Å². The van der Waals surface area contributed by atoms with Gasteiger partial charge in [0, 0.05) is 6.07 Å². The zero-order valence-corrected chi connectivity index (χ0v) is 9.77. The second kappa shape index (κ2) is 6.20. The Kier molecular flexibility index (Phi) is 4.90. The van der Waals surface area contributed by atoms with E-state index < -0.39 is 17.9 Å². The molecule has 0 aliphatic carbocycles. The van der Waals surface area contributed by atoms with E-state index >= 15 is 0 Å². The molecule has 0 heterocycles. The number of esters is 1. The molecule has 0 saturated carbocycles. The molecule has 0 aliphatic rings. The number of methoxy groups -OCH3 is 1. The third kappa shape index (κ3) is 4.03. The highest BCUT2D eigenvalue weighted by molar-refractivity contribution is 5.70. The molecular weight excluding hydrogens is 227 g/mol. The van der Waals surface area contributed by atoms with Gasteiger partial charge in [-0.15, -0.1) is 0 Å². The second-order valence-corrected chi connectivity index (χ2v) is 3.45. The highest BCUT2D eigenvalue weighted by atomic mass is 19.1. The van der Waals surface area contributed by atoms with Gasteiger partial charge in [0.25, 0.3) is 0 Å². The van der Waals surface area contributed by atoms with Gasteiger partial charge in [0.2, 0.25) is 0 Å². The first-order chi connectivity index (χ1) is 8.06. The molecule has 17 heavy (non-hydrogen) atoms. The third-order valence-corrected chi connectivity index (χ3v) is 2.18. The number of ether oxygens (including phenoxy) is 2. The van der Waals surface area contributed by atoms with E-state index in [1.807, 2.05) is 0 Å². The molecule has 1 aromatic carbocycles. The molecule has 1 rings (SSSR count). The molecule has 0 radical (unpaired) electrons. The van der Waals surface area contributed by atoms with Crippen LogP contribution >= 0.6 is 0 Å². The quantitative estimate of drug-likeness (QED) is 0.800. The number of hydrogen-bond acceptors (Lipinski definition) is 4. The Morgan fingerprint density at radius 3 is 2.76 bits per heavy atom.